The number of hydrogen-bond donors (Lipinski definition) is 1. The predicted octanol–water partition coefficient (Wildman–Crippen LogP) is 0.321. The molecule has 0 bridgehead atoms. The van der Waals surface area contributed by atoms with Gasteiger partial charge in [0.15, 0.2) is 0 Å². The Morgan fingerprint density at radius 1 is 1.17 bits per heavy atom. The molecule has 3 rings (SSSR count). The summed E-state index contributed by atoms with van der Waals surface area (Å²) in [5, 5.41) is 2.95. The monoisotopic (exact) mass is 332 g/mol. The maximum Gasteiger partial charge on any atom is 0.317 e. The lowest BCUT2D eigenvalue weighted by Crippen LogP contribution is -2.52. The maximum atomic E-state index is 12.2. The van der Waals surface area contributed by atoms with Gasteiger partial charge in [-0.1, -0.05) is 0 Å². The van der Waals surface area contributed by atoms with Crippen LogP contribution in [0.15, 0.2) is 18.6 Å². The summed E-state index contributed by atoms with van der Waals surface area (Å²) in [6.45, 7) is 5.06. The van der Waals surface area contributed by atoms with Crippen LogP contribution in [0.3, 0.4) is 0 Å². The second-order valence-electron chi connectivity index (χ2n) is 6.11. The number of likely N-dealkylation sites (tertiary alicyclic amines) is 1. The molecule has 8 heteroatoms. The number of carbonyl (C=O) groups is 2. The molecule has 3 heterocycles. The molecule has 0 spiro atoms. The zero-order valence-corrected chi connectivity index (χ0v) is 13.9. The summed E-state index contributed by atoms with van der Waals surface area (Å²) in [6.07, 6.45) is 7.51. The third-order valence-electron chi connectivity index (χ3n) is 4.49. The van der Waals surface area contributed by atoms with Gasteiger partial charge in [0.2, 0.25) is 5.91 Å². The number of nitrogens with zero attached hydrogens (tertiary/aromatic N) is 5. The van der Waals surface area contributed by atoms with Gasteiger partial charge >= 0.3 is 6.03 Å². The van der Waals surface area contributed by atoms with Crippen molar-refractivity contribution >= 4 is 17.8 Å². The molecule has 1 aromatic heterocycles. The number of anilines is 1. The Kier molecular flexibility index (Phi) is 5.45. The molecular weight excluding hydrogens is 308 g/mol. The number of hydrogen-bond acceptors (Lipinski definition) is 5. The predicted molar refractivity (Wildman–Crippen MR) is 89.6 cm³/mol. The van der Waals surface area contributed by atoms with Gasteiger partial charge < -0.3 is 20.0 Å². The van der Waals surface area contributed by atoms with Crippen LogP contribution in [0, 0.1) is 0 Å². The fourth-order valence-electron chi connectivity index (χ4n) is 3.11. The molecule has 1 aromatic rings. The lowest BCUT2D eigenvalue weighted by atomic mass is 10.3. The molecule has 0 radical (unpaired) electrons. The minimum atomic E-state index is -0.0263. The molecule has 1 N–H and O–H groups in total. The third-order valence-corrected chi connectivity index (χ3v) is 4.49. The van der Waals surface area contributed by atoms with Crippen LogP contribution in [-0.4, -0.2) is 77.5 Å². The van der Waals surface area contributed by atoms with Crippen molar-refractivity contribution in [3.63, 3.8) is 0 Å². The molecule has 0 aromatic carbocycles. The van der Waals surface area contributed by atoms with E-state index in [4.69, 9.17) is 0 Å². The van der Waals surface area contributed by atoms with E-state index in [1.807, 2.05) is 9.80 Å². The van der Waals surface area contributed by atoms with Gasteiger partial charge in [-0.3, -0.25) is 9.78 Å². The highest BCUT2D eigenvalue weighted by molar-refractivity contribution is 5.78. The maximum absolute atomic E-state index is 12.2. The fraction of sp³-hybridized carbons (Fsp3) is 0.625. The first-order valence-electron chi connectivity index (χ1n) is 8.55. The lowest BCUT2D eigenvalue weighted by Gasteiger charge is -2.35. The van der Waals surface area contributed by atoms with Crippen molar-refractivity contribution in [3.8, 4) is 0 Å². The Morgan fingerprint density at radius 2 is 2.00 bits per heavy atom. The second kappa shape index (κ2) is 7.94. The summed E-state index contributed by atoms with van der Waals surface area (Å²) < 4.78 is 0. The van der Waals surface area contributed by atoms with Crippen LogP contribution < -0.4 is 10.2 Å². The number of rotatable bonds is 5. The van der Waals surface area contributed by atoms with Gasteiger partial charge in [0, 0.05) is 64.6 Å². The van der Waals surface area contributed by atoms with E-state index in [-0.39, 0.29) is 11.9 Å². The molecule has 2 fully saturated rings. The Balaban J connectivity index is 1.34. The fourth-order valence-corrected chi connectivity index (χ4v) is 3.11. The summed E-state index contributed by atoms with van der Waals surface area (Å²) in [4.78, 5) is 37.9. The van der Waals surface area contributed by atoms with Crippen molar-refractivity contribution in [2.45, 2.75) is 19.3 Å². The molecule has 24 heavy (non-hydrogen) atoms. The van der Waals surface area contributed by atoms with Gasteiger partial charge in [-0.2, -0.15) is 0 Å². The number of amides is 3. The zero-order chi connectivity index (χ0) is 16.8. The van der Waals surface area contributed by atoms with Crippen LogP contribution in [0.4, 0.5) is 10.6 Å². The van der Waals surface area contributed by atoms with Crippen molar-refractivity contribution < 1.29 is 9.59 Å². The Labute approximate surface area is 141 Å². The molecule has 0 saturated carbocycles. The molecule has 8 nitrogen and oxygen atoms in total. The lowest BCUT2D eigenvalue weighted by molar-refractivity contribution is -0.127. The van der Waals surface area contributed by atoms with Crippen molar-refractivity contribution in [1.29, 1.82) is 0 Å². The second-order valence-corrected chi connectivity index (χ2v) is 6.11. The van der Waals surface area contributed by atoms with E-state index in [1.165, 1.54) is 0 Å². The highest BCUT2D eigenvalue weighted by Crippen LogP contribution is 2.11. The largest absolute Gasteiger partial charge is 0.352 e. The molecule has 130 valence electrons. The van der Waals surface area contributed by atoms with Crippen LogP contribution in [0.5, 0.6) is 0 Å². The first-order valence-corrected chi connectivity index (χ1v) is 8.55. The van der Waals surface area contributed by atoms with Gasteiger partial charge in [-0.05, 0) is 12.8 Å². The van der Waals surface area contributed by atoms with Crippen molar-refractivity contribution in [3.05, 3.63) is 18.6 Å². The molecule has 2 aliphatic heterocycles. The standard InChI is InChI=1S/C16H24N6O2/c23-15-3-1-7-21(15)8-2-4-19-16(24)22-11-9-20(10-12-22)14-13-17-5-6-18-14/h5-6,13H,1-4,7-12H2,(H,19,24). The highest BCUT2D eigenvalue weighted by Gasteiger charge is 2.22. The van der Waals surface area contributed by atoms with Gasteiger partial charge in [-0.25, -0.2) is 9.78 Å². The first kappa shape index (κ1) is 16.5. The quantitative estimate of drug-likeness (QED) is 0.786. The number of piperazine rings is 1. The molecule has 0 aliphatic carbocycles. The molecule has 3 amide bonds. The van der Waals surface area contributed by atoms with E-state index >= 15 is 0 Å². The normalized spacial score (nSPS) is 18.2. The minimum absolute atomic E-state index is 0.0263. The van der Waals surface area contributed by atoms with Crippen LogP contribution in [0.25, 0.3) is 0 Å². The summed E-state index contributed by atoms with van der Waals surface area (Å²) in [7, 11) is 0. The molecule has 0 atom stereocenters. The van der Waals surface area contributed by atoms with Crippen LogP contribution >= 0.6 is 0 Å². The van der Waals surface area contributed by atoms with Crippen molar-refractivity contribution in [2.75, 3.05) is 50.7 Å². The highest BCUT2D eigenvalue weighted by atomic mass is 16.2. The smallest absolute Gasteiger partial charge is 0.317 e. The zero-order valence-electron chi connectivity index (χ0n) is 13.9. The molecular formula is C16H24N6O2. The van der Waals surface area contributed by atoms with E-state index in [0.717, 1.165) is 44.8 Å². The third kappa shape index (κ3) is 4.12. The van der Waals surface area contributed by atoms with Crippen molar-refractivity contribution in [1.82, 2.24) is 25.1 Å². The van der Waals surface area contributed by atoms with Gasteiger partial charge in [0.05, 0.1) is 6.20 Å². The summed E-state index contributed by atoms with van der Waals surface area (Å²) >= 11 is 0. The Bertz CT molecular complexity index is 559. The average Bonchev–Trinajstić information content (AvgIpc) is 3.04. The van der Waals surface area contributed by atoms with Gasteiger partial charge in [0.1, 0.15) is 5.82 Å². The molecule has 0 unspecified atom stereocenters. The van der Waals surface area contributed by atoms with E-state index < -0.39 is 0 Å². The van der Waals surface area contributed by atoms with E-state index in [1.54, 1.807) is 18.6 Å². The van der Waals surface area contributed by atoms with Crippen LogP contribution in [0.1, 0.15) is 19.3 Å². The van der Waals surface area contributed by atoms with Crippen LogP contribution in [0.2, 0.25) is 0 Å². The van der Waals surface area contributed by atoms with Gasteiger partial charge in [0.25, 0.3) is 0 Å². The van der Waals surface area contributed by atoms with Crippen LogP contribution in [-0.2, 0) is 4.79 Å². The summed E-state index contributed by atoms with van der Waals surface area (Å²) in [5.74, 6) is 1.09. The molecule has 2 saturated heterocycles. The van der Waals surface area contributed by atoms with Crippen molar-refractivity contribution in [2.24, 2.45) is 0 Å². The number of aromatic nitrogens is 2. The van der Waals surface area contributed by atoms with E-state index in [0.29, 0.717) is 26.1 Å². The minimum Gasteiger partial charge on any atom is -0.352 e. The SMILES string of the molecule is O=C1CCCN1CCCNC(=O)N1CCN(c2cnccn2)CC1. The Morgan fingerprint density at radius 3 is 2.67 bits per heavy atom. The first-order chi connectivity index (χ1) is 11.7. The Hall–Kier alpha value is -2.38. The van der Waals surface area contributed by atoms with Gasteiger partial charge in [-0.15, -0.1) is 0 Å². The number of nitrogens with one attached hydrogen (secondary N) is 1. The average molecular weight is 332 g/mol. The topological polar surface area (TPSA) is 81.7 Å². The summed E-state index contributed by atoms with van der Waals surface area (Å²) in [5.41, 5.74) is 0. The van der Waals surface area contributed by atoms with E-state index in [2.05, 4.69) is 20.2 Å². The number of urea groups is 1. The molecule has 2 aliphatic rings. The van der Waals surface area contributed by atoms with E-state index in [9.17, 15) is 9.59 Å². The number of carbonyl (C=O) groups excluding carboxylic acids is 2. The summed E-state index contributed by atoms with van der Waals surface area (Å²) in [6, 6.07) is -0.0263.